The van der Waals surface area contributed by atoms with Crippen LogP contribution in [0.3, 0.4) is 0 Å². The van der Waals surface area contributed by atoms with Crippen molar-refractivity contribution >= 4 is 5.78 Å². The molecule has 1 aromatic rings. The maximum atomic E-state index is 12.4. The van der Waals surface area contributed by atoms with Crippen molar-refractivity contribution in [1.29, 1.82) is 0 Å². The van der Waals surface area contributed by atoms with Crippen LogP contribution >= 0.6 is 0 Å². The normalized spacial score (nSPS) is 37.0. The summed E-state index contributed by atoms with van der Waals surface area (Å²) in [6.45, 7) is 3.26. The first-order chi connectivity index (χ1) is 10.6. The van der Waals surface area contributed by atoms with Crippen molar-refractivity contribution in [3.63, 3.8) is 0 Å². The van der Waals surface area contributed by atoms with Crippen LogP contribution in [-0.4, -0.2) is 26.1 Å². The molecule has 1 aromatic carbocycles. The summed E-state index contributed by atoms with van der Waals surface area (Å²) in [5, 5.41) is 0. The van der Waals surface area contributed by atoms with Gasteiger partial charge in [0.05, 0.1) is 13.7 Å². The molecule has 1 aliphatic heterocycles. The first-order valence-electron chi connectivity index (χ1n) is 8.41. The van der Waals surface area contributed by atoms with Gasteiger partial charge >= 0.3 is 0 Å². The molecule has 0 N–H and O–H groups in total. The lowest BCUT2D eigenvalue weighted by atomic mass is 9.53. The van der Waals surface area contributed by atoms with E-state index in [1.165, 1.54) is 17.5 Å². The van der Waals surface area contributed by atoms with Crippen molar-refractivity contribution in [2.24, 2.45) is 17.3 Å². The van der Waals surface area contributed by atoms with Crippen molar-refractivity contribution in [3.05, 3.63) is 29.3 Å². The SMILES string of the molecule is COc1ccc2c(c1)CC[C@@H]1[C@@H]2CC[C@]2(C)C(=O)COC[C@@H]12. The first kappa shape index (κ1) is 14.3. The number of methoxy groups -OCH3 is 1. The molecular weight excluding hydrogens is 276 g/mol. The number of aryl methyl sites for hydroxylation is 1. The zero-order valence-corrected chi connectivity index (χ0v) is 13.4. The van der Waals surface area contributed by atoms with Crippen LogP contribution in [0, 0.1) is 17.3 Å². The van der Waals surface area contributed by atoms with Crippen LogP contribution in [0.1, 0.15) is 43.2 Å². The molecule has 0 unspecified atom stereocenters. The summed E-state index contributed by atoms with van der Waals surface area (Å²) in [4.78, 5) is 12.4. The van der Waals surface area contributed by atoms with E-state index >= 15 is 0 Å². The molecule has 3 heteroatoms. The third kappa shape index (κ3) is 1.95. The van der Waals surface area contributed by atoms with E-state index in [1.807, 2.05) is 0 Å². The van der Waals surface area contributed by atoms with Crippen molar-refractivity contribution in [2.45, 2.75) is 38.5 Å². The minimum Gasteiger partial charge on any atom is -0.497 e. The molecular formula is C19H24O3. The van der Waals surface area contributed by atoms with E-state index in [-0.39, 0.29) is 5.41 Å². The van der Waals surface area contributed by atoms with E-state index in [4.69, 9.17) is 9.47 Å². The lowest BCUT2D eigenvalue weighted by molar-refractivity contribution is -0.156. The average molecular weight is 300 g/mol. The van der Waals surface area contributed by atoms with Gasteiger partial charge in [0, 0.05) is 5.41 Å². The van der Waals surface area contributed by atoms with Gasteiger partial charge in [-0.15, -0.1) is 0 Å². The van der Waals surface area contributed by atoms with Crippen molar-refractivity contribution < 1.29 is 14.3 Å². The van der Waals surface area contributed by atoms with E-state index in [1.54, 1.807) is 7.11 Å². The Morgan fingerprint density at radius 1 is 1.32 bits per heavy atom. The fourth-order valence-corrected chi connectivity index (χ4v) is 5.10. The third-order valence-electron chi connectivity index (χ3n) is 6.49. The highest BCUT2D eigenvalue weighted by Gasteiger charge is 2.53. The van der Waals surface area contributed by atoms with Gasteiger partial charge in [-0.1, -0.05) is 13.0 Å². The molecule has 0 radical (unpaired) electrons. The lowest BCUT2D eigenvalue weighted by Crippen LogP contribution is -2.53. The number of fused-ring (bicyclic) bond motifs is 5. The van der Waals surface area contributed by atoms with Crippen LogP contribution in [0.25, 0.3) is 0 Å². The topological polar surface area (TPSA) is 35.5 Å². The molecule has 0 aromatic heterocycles. The zero-order valence-electron chi connectivity index (χ0n) is 13.4. The predicted molar refractivity (Wildman–Crippen MR) is 84.2 cm³/mol. The summed E-state index contributed by atoms with van der Waals surface area (Å²) in [5.41, 5.74) is 2.77. The van der Waals surface area contributed by atoms with Crippen LogP contribution in [0.4, 0.5) is 0 Å². The second kappa shape index (κ2) is 5.09. The first-order valence-corrected chi connectivity index (χ1v) is 8.41. The van der Waals surface area contributed by atoms with Crippen molar-refractivity contribution in [3.8, 4) is 5.75 Å². The van der Waals surface area contributed by atoms with Crippen LogP contribution in [0.5, 0.6) is 5.75 Å². The Balaban J connectivity index is 1.69. The standard InChI is InChI=1S/C19H24O3/c1-19-8-7-15-14-6-4-13(21-2)9-12(14)3-5-16(15)17(19)10-22-11-18(19)20/h4,6,9,15-17H,3,5,7-8,10-11H2,1-2H3/t15-,16-,17+,19+/m1/s1. The fourth-order valence-electron chi connectivity index (χ4n) is 5.10. The van der Waals surface area contributed by atoms with Crippen LogP contribution < -0.4 is 4.74 Å². The Kier molecular flexibility index (Phi) is 3.30. The van der Waals surface area contributed by atoms with Crippen molar-refractivity contribution in [1.82, 2.24) is 0 Å². The molecule has 3 nitrogen and oxygen atoms in total. The molecule has 1 heterocycles. The number of hydrogen-bond donors (Lipinski definition) is 0. The fraction of sp³-hybridized carbons (Fsp3) is 0.632. The minimum atomic E-state index is -0.149. The molecule has 22 heavy (non-hydrogen) atoms. The van der Waals surface area contributed by atoms with Crippen molar-refractivity contribution in [2.75, 3.05) is 20.3 Å². The Bertz CT molecular complexity index is 609. The molecule has 3 aliphatic rings. The van der Waals surface area contributed by atoms with E-state index in [9.17, 15) is 4.79 Å². The molecule has 0 spiro atoms. The Morgan fingerprint density at radius 2 is 2.18 bits per heavy atom. The number of carbonyl (C=O) groups excluding carboxylic acids is 1. The van der Waals surface area contributed by atoms with E-state index in [2.05, 4.69) is 25.1 Å². The van der Waals surface area contributed by atoms with Gasteiger partial charge in [-0.2, -0.15) is 0 Å². The second-order valence-electron chi connectivity index (χ2n) is 7.37. The average Bonchev–Trinajstić information content (AvgIpc) is 2.55. The summed E-state index contributed by atoms with van der Waals surface area (Å²) in [7, 11) is 1.73. The monoisotopic (exact) mass is 300 g/mol. The number of benzene rings is 1. The maximum absolute atomic E-state index is 12.4. The smallest absolute Gasteiger partial charge is 0.164 e. The molecule has 1 saturated carbocycles. The molecule has 4 atom stereocenters. The van der Waals surface area contributed by atoms with Crippen LogP contribution in [0.2, 0.25) is 0 Å². The van der Waals surface area contributed by atoms with Crippen LogP contribution in [0.15, 0.2) is 18.2 Å². The molecule has 1 saturated heterocycles. The highest BCUT2D eigenvalue weighted by molar-refractivity contribution is 5.86. The molecule has 118 valence electrons. The Labute approximate surface area is 132 Å². The zero-order chi connectivity index (χ0) is 15.3. The van der Waals surface area contributed by atoms with Gasteiger partial charge in [0.15, 0.2) is 5.78 Å². The number of Topliss-reactive ketones (excluding diaryl/α,β-unsaturated/α-hetero) is 1. The van der Waals surface area contributed by atoms with Gasteiger partial charge in [0.1, 0.15) is 12.4 Å². The largest absolute Gasteiger partial charge is 0.497 e. The predicted octanol–water partition coefficient (Wildman–Crippen LogP) is 3.36. The molecule has 2 fully saturated rings. The quantitative estimate of drug-likeness (QED) is 0.798. The summed E-state index contributed by atoms with van der Waals surface area (Å²) >= 11 is 0. The van der Waals surface area contributed by atoms with Gasteiger partial charge in [-0.25, -0.2) is 0 Å². The van der Waals surface area contributed by atoms with Gasteiger partial charge in [0.25, 0.3) is 0 Å². The third-order valence-corrected chi connectivity index (χ3v) is 6.49. The van der Waals surface area contributed by atoms with Gasteiger partial charge in [0.2, 0.25) is 0 Å². The second-order valence-corrected chi connectivity index (χ2v) is 7.37. The maximum Gasteiger partial charge on any atom is 0.164 e. The number of carbonyl (C=O) groups is 1. The lowest BCUT2D eigenvalue weighted by Gasteiger charge is -2.52. The summed E-state index contributed by atoms with van der Waals surface area (Å²) in [5.74, 6) is 2.84. The molecule has 0 bridgehead atoms. The Morgan fingerprint density at radius 3 is 3.00 bits per heavy atom. The minimum absolute atomic E-state index is 0.149. The number of ether oxygens (including phenoxy) is 2. The molecule has 0 amide bonds. The van der Waals surface area contributed by atoms with E-state index in [0.29, 0.717) is 30.1 Å². The number of hydrogen-bond acceptors (Lipinski definition) is 3. The molecule has 4 rings (SSSR count). The number of ketones is 1. The van der Waals surface area contributed by atoms with Gasteiger partial charge in [-0.05, 0) is 66.7 Å². The van der Waals surface area contributed by atoms with E-state index in [0.717, 1.165) is 31.6 Å². The van der Waals surface area contributed by atoms with Gasteiger partial charge < -0.3 is 9.47 Å². The highest BCUT2D eigenvalue weighted by atomic mass is 16.5. The van der Waals surface area contributed by atoms with Gasteiger partial charge in [-0.3, -0.25) is 4.79 Å². The summed E-state index contributed by atoms with van der Waals surface area (Å²) < 4.78 is 11.0. The summed E-state index contributed by atoms with van der Waals surface area (Å²) in [6, 6.07) is 6.53. The van der Waals surface area contributed by atoms with E-state index < -0.39 is 0 Å². The summed E-state index contributed by atoms with van der Waals surface area (Å²) in [6.07, 6.45) is 4.39. The highest BCUT2D eigenvalue weighted by Crippen LogP contribution is 2.56. The van der Waals surface area contributed by atoms with Crippen LogP contribution in [-0.2, 0) is 16.0 Å². The Hall–Kier alpha value is -1.35. The molecule has 2 aliphatic carbocycles. The number of rotatable bonds is 1.